The Labute approximate surface area is 220 Å². The van der Waals surface area contributed by atoms with Crippen LogP contribution in [0.1, 0.15) is 85.6 Å². The van der Waals surface area contributed by atoms with Gasteiger partial charge in [-0.25, -0.2) is 0 Å². The molecule has 208 valence electrons. The summed E-state index contributed by atoms with van der Waals surface area (Å²) in [5, 5.41) is 12.7. The van der Waals surface area contributed by atoms with Crippen molar-refractivity contribution in [2.75, 3.05) is 6.54 Å². The van der Waals surface area contributed by atoms with Gasteiger partial charge in [0.2, 0.25) is 0 Å². The van der Waals surface area contributed by atoms with E-state index in [1.54, 1.807) is 26.8 Å². The number of nitrogens with one attached hydrogen (secondary N) is 1. The number of carbonyl (C=O) groups is 4. The minimum absolute atomic E-state index is 0.0676. The maximum atomic E-state index is 12.5. The molecular formula is C28H43NO8. The van der Waals surface area contributed by atoms with Crippen LogP contribution in [0.15, 0.2) is 18.2 Å². The van der Waals surface area contributed by atoms with Crippen molar-refractivity contribution < 1.29 is 38.5 Å². The number of benzene rings is 1. The monoisotopic (exact) mass is 521 g/mol. The first-order chi connectivity index (χ1) is 17.5. The Morgan fingerprint density at radius 1 is 0.892 bits per heavy atom. The van der Waals surface area contributed by atoms with Gasteiger partial charge in [0.15, 0.2) is 11.5 Å². The van der Waals surface area contributed by atoms with Crippen molar-refractivity contribution in [2.45, 2.75) is 98.6 Å². The number of hydrogen-bond donors (Lipinski definition) is 2. The number of carbonyl (C=O) groups excluding carboxylic acids is 3. The van der Waals surface area contributed by atoms with Crippen LogP contribution in [0.25, 0.3) is 0 Å². The van der Waals surface area contributed by atoms with Crippen molar-refractivity contribution in [1.29, 1.82) is 0 Å². The SMILES string of the molecule is CCCCCC(=O)OC(C)CN[C@@H](Cc1ccc(OC(=O)C(C)CC)c(OC(=O)C(C)CC)c1)C(=O)O. The van der Waals surface area contributed by atoms with E-state index in [0.717, 1.165) is 19.3 Å². The fourth-order valence-electron chi connectivity index (χ4n) is 3.23. The fourth-order valence-corrected chi connectivity index (χ4v) is 3.23. The Morgan fingerprint density at radius 2 is 1.49 bits per heavy atom. The van der Waals surface area contributed by atoms with E-state index in [0.29, 0.717) is 24.8 Å². The molecule has 9 heteroatoms. The molecule has 1 aromatic rings. The second kappa shape index (κ2) is 16.7. The van der Waals surface area contributed by atoms with Gasteiger partial charge >= 0.3 is 23.9 Å². The van der Waals surface area contributed by atoms with Gasteiger partial charge in [-0.1, -0.05) is 53.5 Å². The highest BCUT2D eigenvalue weighted by Gasteiger charge is 2.23. The number of hydrogen-bond acceptors (Lipinski definition) is 8. The average molecular weight is 522 g/mol. The van der Waals surface area contributed by atoms with Gasteiger partial charge in [0.25, 0.3) is 0 Å². The summed E-state index contributed by atoms with van der Waals surface area (Å²) < 4.78 is 16.4. The first-order valence-electron chi connectivity index (χ1n) is 13.2. The molecule has 0 aromatic heterocycles. The van der Waals surface area contributed by atoms with Crippen molar-refractivity contribution in [3.63, 3.8) is 0 Å². The summed E-state index contributed by atoms with van der Waals surface area (Å²) in [6.07, 6.45) is 3.80. The van der Waals surface area contributed by atoms with Gasteiger partial charge in [-0.3, -0.25) is 19.2 Å². The minimum Gasteiger partial charge on any atom is -0.480 e. The number of unbranched alkanes of at least 4 members (excludes halogenated alkanes) is 2. The van der Waals surface area contributed by atoms with Crippen LogP contribution in [0.3, 0.4) is 0 Å². The molecule has 37 heavy (non-hydrogen) atoms. The van der Waals surface area contributed by atoms with E-state index in [9.17, 15) is 24.3 Å². The molecule has 4 atom stereocenters. The first-order valence-corrected chi connectivity index (χ1v) is 13.2. The number of esters is 3. The molecule has 0 radical (unpaired) electrons. The summed E-state index contributed by atoms with van der Waals surface area (Å²) in [6, 6.07) is 3.69. The third kappa shape index (κ3) is 11.8. The quantitative estimate of drug-likeness (QED) is 0.170. The highest BCUT2D eigenvalue weighted by molar-refractivity contribution is 5.78. The maximum Gasteiger partial charge on any atom is 0.321 e. The molecule has 2 N–H and O–H groups in total. The van der Waals surface area contributed by atoms with E-state index < -0.39 is 30.1 Å². The molecule has 0 saturated carbocycles. The van der Waals surface area contributed by atoms with Crippen LogP contribution in [0.4, 0.5) is 0 Å². The van der Waals surface area contributed by atoms with E-state index >= 15 is 0 Å². The third-order valence-corrected chi connectivity index (χ3v) is 6.17. The van der Waals surface area contributed by atoms with Crippen molar-refractivity contribution in [2.24, 2.45) is 11.8 Å². The van der Waals surface area contributed by atoms with Crippen LogP contribution in [-0.2, 0) is 30.3 Å². The summed E-state index contributed by atoms with van der Waals surface area (Å²) in [5.74, 6) is -2.81. The molecule has 3 unspecified atom stereocenters. The lowest BCUT2D eigenvalue weighted by Crippen LogP contribution is -2.42. The Bertz CT molecular complexity index is 900. The van der Waals surface area contributed by atoms with Gasteiger partial charge in [-0.05, 0) is 50.3 Å². The number of carboxylic acids is 1. The second-order valence-corrected chi connectivity index (χ2v) is 9.50. The van der Waals surface area contributed by atoms with Gasteiger partial charge in [0, 0.05) is 13.0 Å². The van der Waals surface area contributed by atoms with Crippen LogP contribution in [-0.4, -0.2) is 47.7 Å². The van der Waals surface area contributed by atoms with Crippen LogP contribution >= 0.6 is 0 Å². The zero-order valence-electron chi connectivity index (χ0n) is 23.0. The number of aliphatic carboxylic acids is 1. The predicted molar refractivity (Wildman–Crippen MR) is 139 cm³/mol. The van der Waals surface area contributed by atoms with Gasteiger partial charge < -0.3 is 24.6 Å². The fraction of sp³-hybridized carbons (Fsp3) is 0.643. The molecule has 0 aliphatic carbocycles. The molecule has 0 saturated heterocycles. The topological polar surface area (TPSA) is 128 Å². The summed E-state index contributed by atoms with van der Waals surface area (Å²) in [4.78, 5) is 48.6. The van der Waals surface area contributed by atoms with Crippen molar-refractivity contribution in [3.8, 4) is 11.5 Å². The van der Waals surface area contributed by atoms with Gasteiger partial charge in [0.1, 0.15) is 12.1 Å². The molecule has 0 amide bonds. The Hall–Kier alpha value is -2.94. The van der Waals surface area contributed by atoms with E-state index in [1.165, 1.54) is 12.1 Å². The van der Waals surface area contributed by atoms with Crippen molar-refractivity contribution in [1.82, 2.24) is 5.32 Å². The molecule has 0 aliphatic rings. The third-order valence-electron chi connectivity index (χ3n) is 6.17. The highest BCUT2D eigenvalue weighted by Crippen LogP contribution is 2.31. The maximum absolute atomic E-state index is 12.5. The van der Waals surface area contributed by atoms with E-state index in [-0.39, 0.29) is 42.3 Å². The Balaban J connectivity index is 2.96. The molecule has 1 rings (SSSR count). The summed E-state index contributed by atoms with van der Waals surface area (Å²) in [5.41, 5.74) is 0.569. The van der Waals surface area contributed by atoms with E-state index in [1.807, 2.05) is 13.8 Å². The number of rotatable bonds is 17. The largest absolute Gasteiger partial charge is 0.480 e. The lowest BCUT2D eigenvalue weighted by Gasteiger charge is -2.20. The molecule has 1 aromatic carbocycles. The van der Waals surface area contributed by atoms with Gasteiger partial charge in [-0.15, -0.1) is 0 Å². The summed E-state index contributed by atoms with van der Waals surface area (Å²) in [7, 11) is 0. The Kier molecular flexibility index (Phi) is 14.5. The van der Waals surface area contributed by atoms with Crippen LogP contribution in [0.5, 0.6) is 11.5 Å². The van der Waals surface area contributed by atoms with E-state index in [4.69, 9.17) is 14.2 Å². The summed E-state index contributed by atoms with van der Waals surface area (Å²) in [6.45, 7) is 11.1. The average Bonchev–Trinajstić information content (AvgIpc) is 2.86. The molecule has 0 spiro atoms. The summed E-state index contributed by atoms with van der Waals surface area (Å²) >= 11 is 0. The van der Waals surface area contributed by atoms with Crippen LogP contribution in [0.2, 0.25) is 0 Å². The minimum atomic E-state index is -1.08. The second-order valence-electron chi connectivity index (χ2n) is 9.50. The molecule has 0 aliphatic heterocycles. The van der Waals surface area contributed by atoms with Crippen molar-refractivity contribution in [3.05, 3.63) is 23.8 Å². The first kappa shape index (κ1) is 32.1. The molecule has 0 bridgehead atoms. The smallest absolute Gasteiger partial charge is 0.321 e. The molecular weight excluding hydrogens is 478 g/mol. The lowest BCUT2D eigenvalue weighted by atomic mass is 10.0. The number of ether oxygens (including phenoxy) is 3. The zero-order chi connectivity index (χ0) is 28.0. The van der Waals surface area contributed by atoms with Crippen LogP contribution < -0.4 is 14.8 Å². The van der Waals surface area contributed by atoms with Crippen LogP contribution in [0, 0.1) is 11.8 Å². The van der Waals surface area contributed by atoms with Gasteiger partial charge in [-0.2, -0.15) is 0 Å². The molecule has 0 heterocycles. The van der Waals surface area contributed by atoms with E-state index in [2.05, 4.69) is 12.2 Å². The molecule has 9 nitrogen and oxygen atoms in total. The Morgan fingerprint density at radius 3 is 2.03 bits per heavy atom. The standard InChI is InChI=1S/C28H43NO8/c1-7-10-11-12-25(30)35-20(6)17-29-22(26(31)32)15-21-13-14-23(36-27(33)18(4)8-2)24(16-21)37-28(34)19(5)9-3/h13-14,16,18-20,22,29H,7-12,15,17H2,1-6H3,(H,31,32)/t18?,19?,20?,22-/m0/s1. The predicted octanol–water partition coefficient (Wildman–Crippen LogP) is 4.69. The van der Waals surface area contributed by atoms with Gasteiger partial charge in [0.05, 0.1) is 11.8 Å². The van der Waals surface area contributed by atoms with Crippen molar-refractivity contribution >= 4 is 23.9 Å². The lowest BCUT2D eigenvalue weighted by molar-refractivity contribution is -0.148. The zero-order valence-corrected chi connectivity index (χ0v) is 23.0. The normalized spacial score (nSPS) is 14.2. The number of carboxylic acid groups (broad SMARTS) is 1. The molecule has 0 fully saturated rings. The highest BCUT2D eigenvalue weighted by atomic mass is 16.6.